The number of hydrogen-bond acceptors (Lipinski definition) is 2. The molecule has 0 saturated heterocycles. The van der Waals surface area contributed by atoms with Crippen molar-refractivity contribution in [2.45, 2.75) is 26.2 Å². The first-order chi connectivity index (χ1) is 7.97. The predicted molar refractivity (Wildman–Crippen MR) is 71.2 cm³/mol. The molecule has 0 amide bonds. The summed E-state index contributed by atoms with van der Waals surface area (Å²) in [5.74, 6) is 0.683. The molecule has 2 rings (SSSR count). The molecule has 0 N–H and O–H groups in total. The molecule has 1 aromatic carbocycles. The first-order valence-electron chi connectivity index (χ1n) is 5.57. The molecule has 0 aliphatic heterocycles. The number of nitrogens with zero attached hydrogens (tertiary/aromatic N) is 2. The highest BCUT2D eigenvalue weighted by Crippen LogP contribution is 2.25. The van der Waals surface area contributed by atoms with Crippen molar-refractivity contribution in [2.24, 2.45) is 0 Å². The van der Waals surface area contributed by atoms with E-state index in [0.717, 1.165) is 11.3 Å². The van der Waals surface area contributed by atoms with Crippen molar-refractivity contribution in [1.82, 2.24) is 9.97 Å². The highest BCUT2D eigenvalue weighted by Gasteiger charge is 2.17. The van der Waals surface area contributed by atoms with Crippen molar-refractivity contribution < 1.29 is 0 Å². The van der Waals surface area contributed by atoms with Crippen LogP contribution in [-0.4, -0.2) is 9.97 Å². The lowest BCUT2D eigenvalue weighted by molar-refractivity contribution is 0.568. The van der Waals surface area contributed by atoms with Gasteiger partial charge in [0.1, 0.15) is 5.15 Å². The van der Waals surface area contributed by atoms with Crippen LogP contribution in [0.1, 0.15) is 26.5 Å². The first-order valence-corrected chi connectivity index (χ1v) is 5.95. The van der Waals surface area contributed by atoms with Gasteiger partial charge in [0.25, 0.3) is 0 Å². The van der Waals surface area contributed by atoms with Crippen molar-refractivity contribution >= 4 is 11.6 Å². The second kappa shape index (κ2) is 4.46. The molecule has 0 aliphatic rings. The van der Waals surface area contributed by atoms with Crippen LogP contribution in [0, 0.1) is 0 Å². The summed E-state index contributed by atoms with van der Waals surface area (Å²) in [6.07, 6.45) is 0. The molecular weight excluding hydrogens is 232 g/mol. The van der Waals surface area contributed by atoms with Gasteiger partial charge in [0.2, 0.25) is 0 Å². The molecule has 0 spiro atoms. The Balaban J connectivity index is 2.54. The van der Waals surface area contributed by atoms with Gasteiger partial charge in [0.15, 0.2) is 5.82 Å². The Morgan fingerprint density at radius 1 is 1.00 bits per heavy atom. The van der Waals surface area contributed by atoms with Gasteiger partial charge in [-0.2, -0.15) is 0 Å². The third-order valence-corrected chi connectivity index (χ3v) is 2.69. The van der Waals surface area contributed by atoms with Gasteiger partial charge < -0.3 is 0 Å². The summed E-state index contributed by atoms with van der Waals surface area (Å²) in [7, 11) is 0. The molecule has 1 aromatic heterocycles. The minimum Gasteiger partial charge on any atom is -0.232 e. The maximum Gasteiger partial charge on any atom is 0.161 e. The maximum atomic E-state index is 6.05. The molecule has 1 heterocycles. The molecule has 3 heteroatoms. The Morgan fingerprint density at radius 3 is 2.24 bits per heavy atom. The van der Waals surface area contributed by atoms with E-state index in [0.29, 0.717) is 11.0 Å². The Hall–Kier alpha value is -1.41. The van der Waals surface area contributed by atoms with Crippen LogP contribution in [0.5, 0.6) is 0 Å². The van der Waals surface area contributed by atoms with Gasteiger partial charge in [-0.15, -0.1) is 0 Å². The fourth-order valence-electron chi connectivity index (χ4n) is 1.52. The zero-order valence-electron chi connectivity index (χ0n) is 10.2. The Morgan fingerprint density at radius 2 is 1.65 bits per heavy atom. The van der Waals surface area contributed by atoms with Gasteiger partial charge >= 0.3 is 0 Å². The fraction of sp³-hybridized carbons (Fsp3) is 0.286. The zero-order chi connectivity index (χ0) is 12.5. The average Bonchev–Trinajstić information content (AvgIpc) is 2.28. The van der Waals surface area contributed by atoms with Gasteiger partial charge in [0.05, 0.1) is 5.69 Å². The summed E-state index contributed by atoms with van der Waals surface area (Å²) in [6, 6.07) is 11.7. The highest BCUT2D eigenvalue weighted by molar-refractivity contribution is 6.29. The molecule has 0 atom stereocenters. The van der Waals surface area contributed by atoms with Gasteiger partial charge in [-0.05, 0) is 6.07 Å². The van der Waals surface area contributed by atoms with Gasteiger partial charge in [-0.25, -0.2) is 9.97 Å². The van der Waals surface area contributed by atoms with E-state index in [1.54, 1.807) is 0 Å². The molecule has 17 heavy (non-hydrogen) atoms. The molecule has 2 nitrogen and oxygen atoms in total. The van der Waals surface area contributed by atoms with Crippen LogP contribution in [0.25, 0.3) is 11.4 Å². The number of halogens is 1. The van der Waals surface area contributed by atoms with Gasteiger partial charge in [-0.3, -0.25) is 0 Å². The monoisotopic (exact) mass is 246 g/mol. The van der Waals surface area contributed by atoms with E-state index in [9.17, 15) is 0 Å². The average molecular weight is 247 g/mol. The molecule has 88 valence electrons. The summed E-state index contributed by atoms with van der Waals surface area (Å²) in [6.45, 7) is 6.33. The van der Waals surface area contributed by atoms with E-state index >= 15 is 0 Å². The maximum absolute atomic E-state index is 6.05. The van der Waals surface area contributed by atoms with E-state index < -0.39 is 0 Å². The summed E-state index contributed by atoms with van der Waals surface area (Å²) < 4.78 is 0. The minimum absolute atomic E-state index is 0.0316. The molecule has 0 fully saturated rings. The van der Waals surface area contributed by atoms with Crippen LogP contribution >= 0.6 is 11.6 Å². The van der Waals surface area contributed by atoms with Crippen molar-refractivity contribution in [1.29, 1.82) is 0 Å². The molecule has 0 radical (unpaired) electrons. The SMILES string of the molecule is CC(C)(C)c1cc(Cl)nc(-c2ccccc2)n1. The number of hydrogen-bond donors (Lipinski definition) is 0. The second-order valence-corrected chi connectivity index (χ2v) is 5.40. The Labute approximate surface area is 107 Å². The fourth-order valence-corrected chi connectivity index (χ4v) is 1.70. The van der Waals surface area contributed by atoms with Crippen molar-refractivity contribution in [2.75, 3.05) is 0 Å². The van der Waals surface area contributed by atoms with Crippen LogP contribution in [-0.2, 0) is 5.41 Å². The molecular formula is C14H15ClN2. The summed E-state index contributed by atoms with van der Waals surface area (Å²) in [5, 5.41) is 0.490. The van der Waals surface area contributed by atoms with Crippen LogP contribution in [0.3, 0.4) is 0 Å². The first kappa shape index (κ1) is 12.1. The molecule has 0 saturated carbocycles. The molecule has 0 aliphatic carbocycles. The third-order valence-electron chi connectivity index (χ3n) is 2.50. The van der Waals surface area contributed by atoms with E-state index in [-0.39, 0.29) is 5.41 Å². The topological polar surface area (TPSA) is 25.8 Å². The van der Waals surface area contributed by atoms with Gasteiger partial charge in [0, 0.05) is 11.0 Å². The van der Waals surface area contributed by atoms with E-state index in [1.807, 2.05) is 36.4 Å². The predicted octanol–water partition coefficient (Wildman–Crippen LogP) is 4.09. The Bertz CT molecular complexity index is 515. The molecule has 0 unspecified atom stereocenters. The highest BCUT2D eigenvalue weighted by atomic mass is 35.5. The largest absolute Gasteiger partial charge is 0.232 e. The lowest BCUT2D eigenvalue weighted by atomic mass is 9.92. The van der Waals surface area contributed by atoms with E-state index in [1.165, 1.54) is 0 Å². The van der Waals surface area contributed by atoms with E-state index in [4.69, 9.17) is 11.6 Å². The lowest BCUT2D eigenvalue weighted by Crippen LogP contribution is -2.14. The molecule has 0 bridgehead atoms. The quantitative estimate of drug-likeness (QED) is 0.708. The second-order valence-electron chi connectivity index (χ2n) is 5.02. The Kier molecular flexibility index (Phi) is 3.16. The van der Waals surface area contributed by atoms with Gasteiger partial charge in [-0.1, -0.05) is 62.7 Å². The molecule has 2 aromatic rings. The minimum atomic E-state index is -0.0316. The third kappa shape index (κ3) is 2.83. The normalized spacial score (nSPS) is 11.5. The van der Waals surface area contributed by atoms with Crippen LogP contribution in [0.2, 0.25) is 5.15 Å². The van der Waals surface area contributed by atoms with Crippen molar-refractivity contribution in [3.05, 3.63) is 47.2 Å². The number of aromatic nitrogens is 2. The van der Waals surface area contributed by atoms with Crippen LogP contribution < -0.4 is 0 Å². The van der Waals surface area contributed by atoms with Crippen LogP contribution in [0.15, 0.2) is 36.4 Å². The standard InChI is InChI=1S/C14H15ClN2/c1-14(2,3)11-9-12(15)17-13(16-11)10-7-5-4-6-8-10/h4-9H,1-3H3. The number of rotatable bonds is 1. The van der Waals surface area contributed by atoms with E-state index in [2.05, 4.69) is 30.7 Å². The summed E-state index contributed by atoms with van der Waals surface area (Å²) in [4.78, 5) is 8.85. The summed E-state index contributed by atoms with van der Waals surface area (Å²) >= 11 is 6.05. The van der Waals surface area contributed by atoms with Crippen LogP contribution in [0.4, 0.5) is 0 Å². The van der Waals surface area contributed by atoms with Crippen molar-refractivity contribution in [3.63, 3.8) is 0 Å². The smallest absolute Gasteiger partial charge is 0.161 e. The summed E-state index contributed by atoms with van der Waals surface area (Å²) in [5.41, 5.74) is 1.91. The van der Waals surface area contributed by atoms with Crippen molar-refractivity contribution in [3.8, 4) is 11.4 Å². The lowest BCUT2D eigenvalue weighted by Gasteiger charge is -2.18. The number of benzene rings is 1. The zero-order valence-corrected chi connectivity index (χ0v) is 11.0.